The quantitative estimate of drug-likeness (QED) is 0.410. The van der Waals surface area contributed by atoms with E-state index in [0.29, 0.717) is 0 Å². The lowest BCUT2D eigenvalue weighted by Gasteiger charge is -2.22. The lowest BCUT2D eigenvalue weighted by atomic mass is 10.2. The van der Waals surface area contributed by atoms with E-state index >= 15 is 0 Å². The molecule has 0 saturated heterocycles. The number of carbonyl (C=O) groups is 1. The van der Waals surface area contributed by atoms with E-state index in [1.807, 2.05) is 0 Å². The topological polar surface area (TPSA) is 80.7 Å². The van der Waals surface area contributed by atoms with Crippen LogP contribution in [-0.4, -0.2) is 30.3 Å². The molecule has 0 aromatic heterocycles. The van der Waals surface area contributed by atoms with Crippen LogP contribution >= 0.6 is 0 Å². The smallest absolute Gasteiger partial charge is 0.330 e. The molecule has 0 aliphatic heterocycles. The van der Waals surface area contributed by atoms with Gasteiger partial charge in [0.25, 0.3) is 10.1 Å². The van der Waals surface area contributed by atoms with Gasteiger partial charge < -0.3 is 4.74 Å². The Balaban J connectivity index is 4.41. The summed E-state index contributed by atoms with van der Waals surface area (Å²) in [5.41, 5.74) is -1.25. The van der Waals surface area contributed by atoms with Crippen molar-refractivity contribution in [1.29, 1.82) is 0 Å². The Bertz CT molecular complexity index is 301. The maximum atomic E-state index is 10.7. The predicted octanol–water partition coefficient (Wildman–Crippen LogP) is 0.382. The zero-order chi connectivity index (χ0) is 10.7. The van der Waals surface area contributed by atoms with Gasteiger partial charge in [-0.05, 0) is 13.8 Å². The summed E-state index contributed by atoms with van der Waals surface area (Å²) >= 11 is 0. The van der Waals surface area contributed by atoms with Gasteiger partial charge >= 0.3 is 5.97 Å². The van der Waals surface area contributed by atoms with Crippen molar-refractivity contribution in [2.75, 3.05) is 5.75 Å². The van der Waals surface area contributed by atoms with Crippen LogP contribution in [-0.2, 0) is 19.6 Å². The van der Waals surface area contributed by atoms with Gasteiger partial charge in [0, 0.05) is 6.08 Å². The van der Waals surface area contributed by atoms with Crippen LogP contribution in [0.15, 0.2) is 12.7 Å². The Labute approximate surface area is 77.1 Å². The average molecular weight is 208 g/mol. The Kier molecular flexibility index (Phi) is 3.62. The summed E-state index contributed by atoms with van der Waals surface area (Å²) in [6, 6.07) is 0. The Morgan fingerprint density at radius 3 is 2.38 bits per heavy atom. The summed E-state index contributed by atoms with van der Waals surface area (Å²) in [6.45, 7) is 5.91. The van der Waals surface area contributed by atoms with Gasteiger partial charge in [0.2, 0.25) is 0 Å². The van der Waals surface area contributed by atoms with Gasteiger partial charge in [-0.1, -0.05) is 6.58 Å². The van der Waals surface area contributed by atoms with Crippen molar-refractivity contribution in [2.45, 2.75) is 19.4 Å². The van der Waals surface area contributed by atoms with Crippen LogP contribution in [0.25, 0.3) is 0 Å². The first-order valence-corrected chi connectivity index (χ1v) is 5.08. The van der Waals surface area contributed by atoms with Crippen molar-refractivity contribution in [3.05, 3.63) is 12.7 Å². The van der Waals surface area contributed by atoms with E-state index in [-0.39, 0.29) is 0 Å². The first kappa shape index (κ1) is 12.1. The minimum atomic E-state index is -4.15. The zero-order valence-corrected chi connectivity index (χ0v) is 8.30. The molecule has 0 aromatic rings. The number of carbonyl (C=O) groups excluding carboxylic acids is 1. The molecule has 0 aromatic carbocycles. The fourth-order valence-corrected chi connectivity index (χ4v) is 1.72. The van der Waals surface area contributed by atoms with E-state index in [9.17, 15) is 13.2 Å². The number of rotatable bonds is 4. The summed E-state index contributed by atoms with van der Waals surface area (Å²) in [5, 5.41) is 0. The van der Waals surface area contributed by atoms with Crippen molar-refractivity contribution < 1.29 is 22.5 Å². The third kappa shape index (κ3) is 6.30. The van der Waals surface area contributed by atoms with Gasteiger partial charge in [0.1, 0.15) is 11.4 Å². The predicted molar refractivity (Wildman–Crippen MR) is 46.8 cm³/mol. The van der Waals surface area contributed by atoms with Gasteiger partial charge in [-0.25, -0.2) is 4.79 Å². The lowest BCUT2D eigenvalue weighted by Crippen LogP contribution is -2.35. The van der Waals surface area contributed by atoms with Crippen LogP contribution < -0.4 is 0 Å². The van der Waals surface area contributed by atoms with Crippen LogP contribution in [0.3, 0.4) is 0 Å². The molecule has 0 unspecified atom stereocenters. The van der Waals surface area contributed by atoms with Gasteiger partial charge in [-0.3, -0.25) is 4.55 Å². The van der Waals surface area contributed by atoms with E-state index < -0.39 is 27.4 Å². The largest absolute Gasteiger partial charge is 0.455 e. The fraction of sp³-hybridized carbons (Fsp3) is 0.571. The molecule has 0 aliphatic carbocycles. The molecule has 76 valence electrons. The van der Waals surface area contributed by atoms with E-state index in [0.717, 1.165) is 6.08 Å². The molecule has 0 spiro atoms. The van der Waals surface area contributed by atoms with Gasteiger partial charge in [0.05, 0.1) is 0 Å². The molecule has 0 fully saturated rings. The van der Waals surface area contributed by atoms with Crippen molar-refractivity contribution in [1.82, 2.24) is 0 Å². The molecular formula is C7H12O5S. The third-order valence-corrected chi connectivity index (χ3v) is 2.13. The van der Waals surface area contributed by atoms with E-state index in [1.54, 1.807) is 0 Å². The number of ether oxygens (including phenoxy) is 1. The summed E-state index contributed by atoms with van der Waals surface area (Å²) in [7, 11) is -4.15. The minimum absolute atomic E-state index is 0.639. The van der Waals surface area contributed by atoms with Crippen LogP contribution in [0, 0.1) is 0 Å². The minimum Gasteiger partial charge on any atom is -0.455 e. The van der Waals surface area contributed by atoms with Crippen molar-refractivity contribution >= 4 is 16.1 Å². The second-order valence-electron chi connectivity index (χ2n) is 3.11. The molecule has 5 nitrogen and oxygen atoms in total. The standard InChI is InChI=1S/C7H12O5S/c1-4-6(8)12-7(2,3)5-13(9,10)11/h4H,1,5H2,2-3H3,(H,9,10,11). The van der Waals surface area contributed by atoms with Crippen molar-refractivity contribution in [3.8, 4) is 0 Å². The van der Waals surface area contributed by atoms with Crippen LogP contribution in [0.1, 0.15) is 13.8 Å². The normalized spacial score (nSPS) is 12.2. The maximum absolute atomic E-state index is 10.7. The van der Waals surface area contributed by atoms with Gasteiger partial charge in [-0.2, -0.15) is 8.42 Å². The van der Waals surface area contributed by atoms with Crippen LogP contribution in [0.4, 0.5) is 0 Å². The second kappa shape index (κ2) is 3.89. The highest BCUT2D eigenvalue weighted by Crippen LogP contribution is 2.12. The van der Waals surface area contributed by atoms with E-state index in [2.05, 4.69) is 11.3 Å². The third-order valence-electron chi connectivity index (χ3n) is 1.07. The van der Waals surface area contributed by atoms with Crippen LogP contribution in [0.5, 0.6) is 0 Å². The highest BCUT2D eigenvalue weighted by Gasteiger charge is 2.28. The Morgan fingerprint density at radius 2 is 2.08 bits per heavy atom. The molecule has 0 aliphatic rings. The molecule has 0 heterocycles. The molecule has 0 atom stereocenters. The molecule has 0 bridgehead atoms. The first-order valence-electron chi connectivity index (χ1n) is 3.47. The lowest BCUT2D eigenvalue weighted by molar-refractivity contribution is -0.148. The number of hydrogen-bond acceptors (Lipinski definition) is 4. The number of esters is 1. The van der Waals surface area contributed by atoms with Crippen molar-refractivity contribution in [3.63, 3.8) is 0 Å². The monoisotopic (exact) mass is 208 g/mol. The second-order valence-corrected chi connectivity index (χ2v) is 4.56. The average Bonchev–Trinajstić information content (AvgIpc) is 1.80. The van der Waals surface area contributed by atoms with Crippen molar-refractivity contribution in [2.24, 2.45) is 0 Å². The van der Waals surface area contributed by atoms with Crippen LogP contribution in [0.2, 0.25) is 0 Å². The molecule has 0 radical (unpaired) electrons. The molecule has 6 heteroatoms. The molecule has 1 N–H and O–H groups in total. The fourth-order valence-electron chi connectivity index (χ4n) is 0.783. The summed E-state index contributed by atoms with van der Waals surface area (Å²) < 4.78 is 34.1. The molecule has 13 heavy (non-hydrogen) atoms. The van der Waals surface area contributed by atoms with E-state index in [4.69, 9.17) is 4.55 Å². The number of hydrogen-bond donors (Lipinski definition) is 1. The Morgan fingerprint density at radius 1 is 1.62 bits per heavy atom. The molecule has 0 saturated carbocycles. The highest BCUT2D eigenvalue weighted by atomic mass is 32.2. The summed E-state index contributed by atoms with van der Waals surface area (Å²) in [4.78, 5) is 10.7. The molecule has 0 rings (SSSR count). The maximum Gasteiger partial charge on any atom is 0.330 e. The zero-order valence-electron chi connectivity index (χ0n) is 7.48. The summed E-state index contributed by atoms with van der Waals surface area (Å²) in [6.07, 6.45) is 0.922. The molecular weight excluding hydrogens is 196 g/mol. The van der Waals surface area contributed by atoms with Gasteiger partial charge in [-0.15, -0.1) is 0 Å². The van der Waals surface area contributed by atoms with E-state index in [1.165, 1.54) is 13.8 Å². The van der Waals surface area contributed by atoms with Gasteiger partial charge in [0.15, 0.2) is 0 Å². The summed E-state index contributed by atoms with van der Waals surface area (Å²) in [5.74, 6) is -1.37. The molecule has 0 amide bonds. The highest BCUT2D eigenvalue weighted by molar-refractivity contribution is 7.85. The Hall–Kier alpha value is -0.880. The SMILES string of the molecule is C=CC(=O)OC(C)(C)CS(=O)(=O)O. The first-order chi connectivity index (χ1) is 5.66.